The van der Waals surface area contributed by atoms with E-state index in [0.717, 1.165) is 11.1 Å². The molecular weight excluding hydrogens is 374 g/mol. The van der Waals surface area contributed by atoms with Crippen LogP contribution < -0.4 is 4.74 Å². The van der Waals surface area contributed by atoms with Crippen LogP contribution in [-0.2, 0) is 11.8 Å². The highest BCUT2D eigenvalue weighted by Crippen LogP contribution is 2.35. The standard InChI is InChI=1S/C21H25N3O5/c1-8-17(25)29-21-19(14(6)22-23(21)7)20(26)15-9-10-16(24(27)28)18(13(15)5)12(4)11(2)3/h9-10H,8H2,1-7H3. The zero-order valence-electron chi connectivity index (χ0n) is 17.7. The number of nitrogens with zero attached hydrogens (tertiary/aromatic N) is 3. The molecule has 0 radical (unpaired) electrons. The van der Waals surface area contributed by atoms with Crippen LogP contribution in [-0.4, -0.2) is 26.5 Å². The topological polar surface area (TPSA) is 104 Å². The fraction of sp³-hybridized carbons (Fsp3) is 0.381. The monoisotopic (exact) mass is 399 g/mol. The molecule has 0 saturated carbocycles. The van der Waals surface area contributed by atoms with Crippen molar-refractivity contribution >= 4 is 23.0 Å². The quantitative estimate of drug-likeness (QED) is 0.310. The molecule has 0 aliphatic rings. The zero-order valence-corrected chi connectivity index (χ0v) is 17.7. The van der Waals surface area contributed by atoms with E-state index in [1.807, 2.05) is 13.8 Å². The summed E-state index contributed by atoms with van der Waals surface area (Å²) >= 11 is 0. The molecule has 1 aromatic carbocycles. The average Bonchev–Trinajstić information content (AvgIpc) is 2.92. The van der Waals surface area contributed by atoms with Gasteiger partial charge >= 0.3 is 5.97 Å². The van der Waals surface area contributed by atoms with Gasteiger partial charge in [-0.1, -0.05) is 12.5 Å². The Bertz CT molecular complexity index is 1040. The number of nitro benzene ring substituents is 1. The number of aryl methyl sites for hydroxylation is 2. The molecule has 8 nitrogen and oxygen atoms in total. The van der Waals surface area contributed by atoms with Gasteiger partial charge < -0.3 is 4.74 Å². The number of benzene rings is 1. The van der Waals surface area contributed by atoms with E-state index in [2.05, 4.69) is 5.10 Å². The third-order valence-corrected chi connectivity index (χ3v) is 4.91. The molecule has 1 aromatic heterocycles. The SMILES string of the molecule is CCC(=O)Oc1c(C(=O)c2ccc([N+](=O)[O-])c(C(C)=C(C)C)c2C)c(C)nn1C. The van der Waals surface area contributed by atoms with Crippen molar-refractivity contribution in [2.45, 2.75) is 48.0 Å². The van der Waals surface area contributed by atoms with Gasteiger partial charge in [0.25, 0.3) is 5.69 Å². The van der Waals surface area contributed by atoms with Gasteiger partial charge in [-0.25, -0.2) is 4.68 Å². The summed E-state index contributed by atoms with van der Waals surface area (Å²) in [6, 6.07) is 2.78. The first-order valence-corrected chi connectivity index (χ1v) is 9.22. The zero-order chi connectivity index (χ0) is 22.0. The van der Waals surface area contributed by atoms with E-state index in [4.69, 9.17) is 4.74 Å². The highest BCUT2D eigenvalue weighted by molar-refractivity contribution is 6.13. The van der Waals surface area contributed by atoms with Gasteiger partial charge in [0.1, 0.15) is 5.56 Å². The normalized spacial score (nSPS) is 10.6. The van der Waals surface area contributed by atoms with Gasteiger partial charge in [0, 0.05) is 25.1 Å². The Morgan fingerprint density at radius 3 is 2.31 bits per heavy atom. The lowest BCUT2D eigenvalue weighted by Gasteiger charge is -2.14. The van der Waals surface area contributed by atoms with Gasteiger partial charge in [-0.05, 0) is 51.8 Å². The molecule has 0 aliphatic heterocycles. The van der Waals surface area contributed by atoms with E-state index in [-0.39, 0.29) is 23.6 Å². The number of esters is 1. The second-order valence-corrected chi connectivity index (χ2v) is 7.06. The first-order chi connectivity index (χ1) is 13.5. The van der Waals surface area contributed by atoms with Crippen molar-refractivity contribution in [3.8, 4) is 5.88 Å². The van der Waals surface area contributed by atoms with Gasteiger partial charge in [-0.3, -0.25) is 19.7 Å². The van der Waals surface area contributed by atoms with Crippen molar-refractivity contribution in [1.29, 1.82) is 0 Å². The van der Waals surface area contributed by atoms with Crippen molar-refractivity contribution in [3.63, 3.8) is 0 Å². The smallest absolute Gasteiger partial charge is 0.312 e. The number of carbonyl (C=O) groups is 2. The minimum atomic E-state index is -0.483. The summed E-state index contributed by atoms with van der Waals surface area (Å²) in [6.07, 6.45) is 0.151. The lowest BCUT2D eigenvalue weighted by molar-refractivity contribution is -0.385. The predicted octanol–water partition coefficient (Wildman–Crippen LogP) is 4.30. The van der Waals surface area contributed by atoms with Crippen LogP contribution in [0.5, 0.6) is 5.88 Å². The Balaban J connectivity index is 2.73. The molecule has 0 unspecified atom stereocenters. The van der Waals surface area contributed by atoms with E-state index >= 15 is 0 Å². The summed E-state index contributed by atoms with van der Waals surface area (Å²) in [7, 11) is 1.59. The van der Waals surface area contributed by atoms with Gasteiger partial charge in [0.2, 0.25) is 11.7 Å². The minimum absolute atomic E-state index is 0.0571. The number of hydrogen-bond donors (Lipinski definition) is 0. The Hall–Kier alpha value is -3.29. The first kappa shape index (κ1) is 22.0. The van der Waals surface area contributed by atoms with Crippen LogP contribution in [0.2, 0.25) is 0 Å². The maximum atomic E-state index is 13.4. The van der Waals surface area contributed by atoms with Gasteiger partial charge in [0.05, 0.1) is 16.2 Å². The molecule has 0 N–H and O–H groups in total. The lowest BCUT2D eigenvalue weighted by atomic mass is 9.90. The Morgan fingerprint density at radius 2 is 1.79 bits per heavy atom. The summed E-state index contributed by atoms with van der Waals surface area (Å²) in [4.78, 5) is 36.3. The van der Waals surface area contributed by atoms with Crippen molar-refractivity contribution in [2.75, 3.05) is 0 Å². The molecule has 0 aliphatic carbocycles. The average molecular weight is 399 g/mol. The van der Waals surface area contributed by atoms with Crippen LogP contribution in [0.15, 0.2) is 17.7 Å². The van der Waals surface area contributed by atoms with Crippen LogP contribution in [0.4, 0.5) is 5.69 Å². The number of rotatable bonds is 6. The number of ether oxygens (including phenoxy) is 1. The van der Waals surface area contributed by atoms with Gasteiger partial charge in [-0.2, -0.15) is 5.10 Å². The van der Waals surface area contributed by atoms with Crippen LogP contribution in [0.25, 0.3) is 5.57 Å². The summed E-state index contributed by atoms with van der Waals surface area (Å²) in [5, 5.41) is 15.8. The second kappa shape index (κ2) is 8.38. The number of allylic oxidation sites excluding steroid dienone is 2. The van der Waals surface area contributed by atoms with E-state index in [1.165, 1.54) is 16.8 Å². The fourth-order valence-corrected chi connectivity index (χ4v) is 3.15. The molecule has 0 spiro atoms. The Morgan fingerprint density at radius 1 is 1.17 bits per heavy atom. The molecule has 8 heteroatoms. The molecule has 2 aromatic rings. The third-order valence-electron chi connectivity index (χ3n) is 4.91. The number of ketones is 1. The maximum absolute atomic E-state index is 13.4. The molecule has 0 fully saturated rings. The van der Waals surface area contributed by atoms with E-state index in [1.54, 1.807) is 34.7 Å². The van der Waals surface area contributed by atoms with Gasteiger partial charge in [-0.15, -0.1) is 0 Å². The minimum Gasteiger partial charge on any atom is -0.407 e. The largest absolute Gasteiger partial charge is 0.407 e. The maximum Gasteiger partial charge on any atom is 0.312 e. The Labute approximate surface area is 169 Å². The molecule has 0 atom stereocenters. The Kier molecular flexibility index (Phi) is 6.36. The molecule has 154 valence electrons. The molecule has 29 heavy (non-hydrogen) atoms. The summed E-state index contributed by atoms with van der Waals surface area (Å²) in [5.74, 6) is -0.814. The molecule has 0 saturated heterocycles. The van der Waals surface area contributed by atoms with Crippen LogP contribution in [0.3, 0.4) is 0 Å². The van der Waals surface area contributed by atoms with Crippen LogP contribution in [0, 0.1) is 24.0 Å². The van der Waals surface area contributed by atoms with Crippen LogP contribution >= 0.6 is 0 Å². The molecular formula is C21H25N3O5. The van der Waals surface area contributed by atoms with Crippen molar-refractivity contribution in [3.05, 3.63) is 55.8 Å². The first-order valence-electron chi connectivity index (χ1n) is 9.22. The summed E-state index contributed by atoms with van der Waals surface area (Å²) in [5.41, 5.74) is 3.41. The summed E-state index contributed by atoms with van der Waals surface area (Å²) in [6.45, 7) is 10.5. The predicted molar refractivity (Wildman–Crippen MR) is 109 cm³/mol. The number of aromatic nitrogens is 2. The summed E-state index contributed by atoms with van der Waals surface area (Å²) < 4.78 is 6.68. The van der Waals surface area contributed by atoms with Crippen LogP contribution in [0.1, 0.15) is 66.9 Å². The molecule has 2 rings (SSSR count). The highest BCUT2D eigenvalue weighted by Gasteiger charge is 2.28. The second-order valence-electron chi connectivity index (χ2n) is 7.06. The van der Waals surface area contributed by atoms with Crippen molar-refractivity contribution in [2.24, 2.45) is 7.05 Å². The lowest BCUT2D eigenvalue weighted by Crippen LogP contribution is -2.14. The molecule has 0 amide bonds. The van der Waals surface area contributed by atoms with Crippen molar-refractivity contribution < 1.29 is 19.2 Å². The van der Waals surface area contributed by atoms with E-state index in [0.29, 0.717) is 22.4 Å². The number of carbonyl (C=O) groups excluding carboxylic acids is 2. The molecule has 1 heterocycles. The third kappa shape index (κ3) is 4.11. The number of nitro groups is 1. The van der Waals surface area contributed by atoms with E-state index in [9.17, 15) is 19.7 Å². The van der Waals surface area contributed by atoms with Crippen molar-refractivity contribution in [1.82, 2.24) is 9.78 Å². The highest BCUT2D eigenvalue weighted by atomic mass is 16.6. The van der Waals surface area contributed by atoms with Gasteiger partial charge in [0.15, 0.2) is 0 Å². The van der Waals surface area contributed by atoms with E-state index < -0.39 is 16.7 Å². The molecule has 0 bridgehead atoms. The number of hydrogen-bond acceptors (Lipinski definition) is 6. The fourth-order valence-electron chi connectivity index (χ4n) is 3.15.